The van der Waals surface area contributed by atoms with Gasteiger partial charge >= 0.3 is 6.09 Å². The molecule has 0 radical (unpaired) electrons. The molecule has 23 heavy (non-hydrogen) atoms. The lowest BCUT2D eigenvalue weighted by molar-refractivity contribution is -0.169. The molecule has 0 saturated carbocycles. The Hall–Kier alpha value is -0.890. The number of likely N-dealkylation sites (tertiary alicyclic amines) is 1. The molecule has 0 atom stereocenters. The highest BCUT2D eigenvalue weighted by molar-refractivity contribution is 5.69. The molecule has 7 nitrogen and oxygen atoms in total. The fraction of sp³-hybridized carbons (Fsp3) is 0.938. The SMILES string of the molecule is CC(C)(C)OC(=O)N1CC(OCCCOCC2(CO)COC2)C1. The highest BCUT2D eigenvalue weighted by Crippen LogP contribution is 2.26. The van der Waals surface area contributed by atoms with Crippen molar-refractivity contribution >= 4 is 6.09 Å². The Bertz CT molecular complexity index is 379. The van der Waals surface area contributed by atoms with Gasteiger partial charge < -0.3 is 29.0 Å². The molecule has 0 aromatic rings. The maximum atomic E-state index is 11.8. The van der Waals surface area contributed by atoms with E-state index in [0.717, 1.165) is 6.42 Å². The highest BCUT2D eigenvalue weighted by Gasteiger charge is 2.38. The highest BCUT2D eigenvalue weighted by atomic mass is 16.6. The van der Waals surface area contributed by atoms with E-state index in [1.165, 1.54) is 0 Å². The van der Waals surface area contributed by atoms with E-state index in [4.69, 9.17) is 18.9 Å². The van der Waals surface area contributed by atoms with Crippen LogP contribution in [0.4, 0.5) is 4.79 Å². The van der Waals surface area contributed by atoms with E-state index in [2.05, 4.69) is 0 Å². The number of ether oxygens (including phenoxy) is 4. The number of rotatable bonds is 8. The van der Waals surface area contributed by atoms with Crippen molar-refractivity contribution in [1.29, 1.82) is 0 Å². The minimum atomic E-state index is -0.461. The van der Waals surface area contributed by atoms with E-state index in [-0.39, 0.29) is 24.2 Å². The van der Waals surface area contributed by atoms with Crippen molar-refractivity contribution in [2.45, 2.75) is 38.9 Å². The number of nitrogens with zero attached hydrogens (tertiary/aromatic N) is 1. The zero-order valence-electron chi connectivity index (χ0n) is 14.4. The van der Waals surface area contributed by atoms with Crippen LogP contribution in [-0.4, -0.2) is 80.5 Å². The first-order chi connectivity index (χ1) is 10.8. The molecular weight excluding hydrogens is 302 g/mol. The number of carbonyl (C=O) groups is 1. The van der Waals surface area contributed by atoms with Gasteiger partial charge in [-0.1, -0.05) is 0 Å². The molecule has 0 aliphatic carbocycles. The van der Waals surface area contributed by atoms with Crippen molar-refractivity contribution in [2.24, 2.45) is 5.41 Å². The van der Waals surface area contributed by atoms with Crippen LogP contribution in [0.2, 0.25) is 0 Å². The molecule has 2 aliphatic rings. The number of aliphatic hydroxyl groups excluding tert-OH is 1. The standard InChI is InChI=1S/C16H29NO6/c1-15(2,3)23-14(19)17-7-13(8-17)22-6-4-5-20-10-16(9-18)11-21-12-16/h13,18H,4-12H2,1-3H3. The van der Waals surface area contributed by atoms with Crippen molar-refractivity contribution in [3.05, 3.63) is 0 Å². The lowest BCUT2D eigenvalue weighted by atomic mass is 9.88. The summed E-state index contributed by atoms with van der Waals surface area (Å²) in [7, 11) is 0. The van der Waals surface area contributed by atoms with Crippen LogP contribution in [0.15, 0.2) is 0 Å². The molecule has 1 N–H and O–H groups in total. The lowest BCUT2D eigenvalue weighted by Crippen LogP contribution is -2.56. The molecule has 0 bridgehead atoms. The van der Waals surface area contributed by atoms with Crippen molar-refractivity contribution in [2.75, 3.05) is 52.7 Å². The molecule has 134 valence electrons. The normalized spacial score (nSPS) is 20.8. The largest absolute Gasteiger partial charge is 0.444 e. The van der Waals surface area contributed by atoms with E-state index >= 15 is 0 Å². The van der Waals surface area contributed by atoms with Crippen LogP contribution in [0, 0.1) is 5.41 Å². The number of amides is 1. The van der Waals surface area contributed by atoms with Crippen molar-refractivity contribution in [3.63, 3.8) is 0 Å². The van der Waals surface area contributed by atoms with Gasteiger partial charge in [-0.25, -0.2) is 4.79 Å². The first-order valence-electron chi connectivity index (χ1n) is 8.19. The van der Waals surface area contributed by atoms with E-state index < -0.39 is 5.60 Å². The maximum absolute atomic E-state index is 11.8. The molecule has 2 rings (SSSR count). The second kappa shape index (κ2) is 7.79. The van der Waals surface area contributed by atoms with Gasteiger partial charge in [0.15, 0.2) is 0 Å². The summed E-state index contributed by atoms with van der Waals surface area (Å²) in [5.41, 5.74) is -0.652. The fourth-order valence-corrected chi connectivity index (χ4v) is 2.33. The Labute approximate surface area is 137 Å². The Morgan fingerprint density at radius 3 is 2.52 bits per heavy atom. The van der Waals surface area contributed by atoms with Crippen LogP contribution in [0.1, 0.15) is 27.2 Å². The van der Waals surface area contributed by atoms with Crippen LogP contribution in [0.25, 0.3) is 0 Å². The number of hydrogen-bond acceptors (Lipinski definition) is 6. The van der Waals surface area contributed by atoms with Gasteiger partial charge in [-0.2, -0.15) is 0 Å². The fourth-order valence-electron chi connectivity index (χ4n) is 2.33. The minimum Gasteiger partial charge on any atom is -0.444 e. The van der Waals surface area contributed by atoms with Crippen molar-refractivity contribution in [1.82, 2.24) is 4.90 Å². The molecule has 2 saturated heterocycles. The Morgan fingerprint density at radius 1 is 1.30 bits per heavy atom. The molecule has 0 spiro atoms. The van der Waals surface area contributed by atoms with Crippen molar-refractivity contribution in [3.8, 4) is 0 Å². The average molecular weight is 331 g/mol. The first-order valence-corrected chi connectivity index (χ1v) is 8.19. The van der Waals surface area contributed by atoms with Crippen LogP contribution in [0.3, 0.4) is 0 Å². The van der Waals surface area contributed by atoms with Crippen LogP contribution in [0.5, 0.6) is 0 Å². The lowest BCUT2D eigenvalue weighted by Gasteiger charge is -2.39. The van der Waals surface area contributed by atoms with Gasteiger partial charge in [0.2, 0.25) is 0 Å². The summed E-state index contributed by atoms with van der Waals surface area (Å²) in [5.74, 6) is 0. The third-order valence-corrected chi connectivity index (χ3v) is 3.85. The summed E-state index contributed by atoms with van der Waals surface area (Å²) < 4.78 is 21.7. The minimum absolute atomic E-state index is 0.0892. The molecule has 0 aromatic carbocycles. The monoisotopic (exact) mass is 331 g/mol. The van der Waals surface area contributed by atoms with Gasteiger partial charge in [0.25, 0.3) is 0 Å². The molecule has 2 fully saturated rings. The van der Waals surface area contributed by atoms with Gasteiger partial charge in [-0.05, 0) is 27.2 Å². The summed E-state index contributed by atoms with van der Waals surface area (Å²) in [6.45, 7) is 9.72. The Morgan fingerprint density at radius 2 is 2.00 bits per heavy atom. The van der Waals surface area contributed by atoms with Crippen LogP contribution >= 0.6 is 0 Å². The van der Waals surface area contributed by atoms with Gasteiger partial charge in [0.1, 0.15) is 5.60 Å². The van der Waals surface area contributed by atoms with Crippen LogP contribution in [-0.2, 0) is 18.9 Å². The van der Waals surface area contributed by atoms with Gasteiger partial charge in [-0.3, -0.25) is 0 Å². The predicted molar refractivity (Wildman–Crippen MR) is 83.3 cm³/mol. The van der Waals surface area contributed by atoms with Crippen LogP contribution < -0.4 is 0 Å². The molecule has 2 aliphatic heterocycles. The second-order valence-electron chi connectivity index (χ2n) is 7.44. The van der Waals surface area contributed by atoms with Gasteiger partial charge in [0, 0.05) is 13.2 Å². The predicted octanol–water partition coefficient (Wildman–Crippen LogP) is 1.04. The number of hydrogen-bond donors (Lipinski definition) is 1. The molecule has 7 heteroatoms. The topological polar surface area (TPSA) is 77.5 Å². The molecule has 2 heterocycles. The summed E-state index contributed by atoms with van der Waals surface area (Å²) in [4.78, 5) is 13.4. The van der Waals surface area contributed by atoms with E-state index in [1.807, 2.05) is 20.8 Å². The van der Waals surface area contributed by atoms with Crippen molar-refractivity contribution < 1.29 is 28.8 Å². The summed E-state index contributed by atoms with van der Waals surface area (Å²) in [5, 5.41) is 9.26. The van der Waals surface area contributed by atoms with Gasteiger partial charge in [0.05, 0.1) is 51.0 Å². The Kier molecular flexibility index (Phi) is 6.25. The average Bonchev–Trinajstić information content (AvgIpc) is 2.35. The zero-order chi connectivity index (χ0) is 16.9. The van der Waals surface area contributed by atoms with E-state index in [1.54, 1.807) is 4.90 Å². The zero-order valence-corrected chi connectivity index (χ0v) is 14.4. The third-order valence-electron chi connectivity index (χ3n) is 3.85. The number of aliphatic hydroxyl groups is 1. The van der Waals surface area contributed by atoms with E-state index in [0.29, 0.717) is 46.1 Å². The Balaban J connectivity index is 1.45. The first kappa shape index (κ1) is 18.4. The molecular formula is C16H29NO6. The summed E-state index contributed by atoms with van der Waals surface area (Å²) >= 11 is 0. The second-order valence-corrected chi connectivity index (χ2v) is 7.44. The molecule has 0 unspecified atom stereocenters. The maximum Gasteiger partial charge on any atom is 0.410 e. The summed E-state index contributed by atoms with van der Waals surface area (Å²) in [6, 6.07) is 0. The molecule has 1 amide bonds. The summed E-state index contributed by atoms with van der Waals surface area (Å²) in [6.07, 6.45) is 0.606. The number of carbonyl (C=O) groups excluding carboxylic acids is 1. The smallest absolute Gasteiger partial charge is 0.410 e. The third kappa shape index (κ3) is 5.60. The molecule has 0 aromatic heterocycles. The van der Waals surface area contributed by atoms with Gasteiger partial charge in [-0.15, -0.1) is 0 Å². The quantitative estimate of drug-likeness (QED) is 0.670. The van der Waals surface area contributed by atoms with E-state index in [9.17, 15) is 9.90 Å².